The number of aromatic nitrogens is 6. The van der Waals surface area contributed by atoms with E-state index in [1.165, 1.54) is 177 Å². The Hall–Kier alpha value is -2.91. The Morgan fingerprint density at radius 3 is 1.31 bits per heavy atom. The number of pyridine rings is 2. The topological polar surface area (TPSA) is 77.3 Å². The van der Waals surface area contributed by atoms with Gasteiger partial charge in [-0.2, -0.15) is 27.5 Å². The number of hydrogen-bond acceptors (Lipinski definition) is 12. The normalized spacial score (nSPS) is 14.6. The van der Waals surface area contributed by atoms with E-state index in [4.69, 9.17) is 27.5 Å². The van der Waals surface area contributed by atoms with Crippen LogP contribution in [0.2, 0.25) is 0 Å². The third-order valence-electron chi connectivity index (χ3n) is 14.0. The zero-order valence-corrected chi connectivity index (χ0v) is 46.2. The van der Waals surface area contributed by atoms with Crippen molar-refractivity contribution >= 4 is 101 Å². The van der Waals surface area contributed by atoms with Crippen LogP contribution in [0.5, 0.6) is 0 Å². The van der Waals surface area contributed by atoms with Crippen LogP contribution in [0.3, 0.4) is 0 Å². The fraction of sp³-hybridized carbons (Fsp3) is 0.519. The Morgan fingerprint density at radius 1 is 0.463 bits per heavy atom. The highest BCUT2D eigenvalue weighted by atomic mass is 32.3. The first-order chi connectivity index (χ1) is 32.9. The summed E-state index contributed by atoms with van der Waals surface area (Å²) in [5.41, 5.74) is 8.04. The van der Waals surface area contributed by atoms with Crippen LogP contribution in [0.25, 0.3) is 73.8 Å². The zero-order valence-electron chi connectivity index (χ0n) is 40.5. The fourth-order valence-electron chi connectivity index (χ4n) is 10.1. The van der Waals surface area contributed by atoms with Crippen LogP contribution in [-0.4, -0.2) is 39.0 Å². The summed E-state index contributed by atoms with van der Waals surface area (Å²) in [5, 5.41) is 0. The maximum absolute atomic E-state index is 5.23. The van der Waals surface area contributed by atoms with Gasteiger partial charge in [-0.05, 0) is 98.3 Å². The number of rotatable bonds is 26. The van der Waals surface area contributed by atoms with Gasteiger partial charge < -0.3 is 0 Å². The van der Waals surface area contributed by atoms with Gasteiger partial charge in [-0.25, -0.2) is 0 Å². The average Bonchev–Trinajstić information content (AvgIpc) is 4.22. The van der Waals surface area contributed by atoms with E-state index in [1.54, 1.807) is 9.79 Å². The van der Waals surface area contributed by atoms with Gasteiger partial charge in [-0.3, -0.25) is 9.97 Å². The number of nitrogens with zero attached hydrogens (tertiary/aromatic N) is 6. The van der Waals surface area contributed by atoms with E-state index < -0.39 is 10.0 Å². The quantitative estimate of drug-likeness (QED) is 0.0503. The molecule has 1 aliphatic rings. The molecule has 0 aliphatic carbocycles. The van der Waals surface area contributed by atoms with Gasteiger partial charge in [0, 0.05) is 52.8 Å². The van der Waals surface area contributed by atoms with Crippen LogP contribution < -0.4 is 0 Å². The number of hydrogen-bond donors (Lipinski definition) is 0. The largest absolute Gasteiger partial charge is 0.252 e. The van der Waals surface area contributed by atoms with Crippen molar-refractivity contribution in [2.75, 3.05) is 11.5 Å². The predicted molar refractivity (Wildman–Crippen MR) is 299 cm³/mol. The molecule has 2 unspecified atom stereocenters. The minimum absolute atomic E-state index is 0.680. The molecule has 9 rings (SSSR count). The van der Waals surface area contributed by atoms with Crippen LogP contribution >= 0.6 is 78.8 Å². The Morgan fingerprint density at radius 2 is 0.896 bits per heavy atom. The lowest BCUT2D eigenvalue weighted by Gasteiger charge is -2.42. The SMILES string of the molecule is CCCCCCc1ccc(-c2ncc(-c3cc4c(s3)-c3sc(-c5cnc(-c6ccc(CCCCCC)s6)c6nsnc56)cc3S4(CC(CC)CCCC)CC(CC)CCCC)c3nsnc23)s1. The zero-order chi connectivity index (χ0) is 46.3. The van der Waals surface area contributed by atoms with Crippen molar-refractivity contribution in [1.29, 1.82) is 0 Å². The molecule has 0 amide bonds. The lowest BCUT2D eigenvalue weighted by molar-refractivity contribution is 0.484. The molecule has 0 fully saturated rings. The summed E-state index contributed by atoms with van der Waals surface area (Å²) in [6.07, 6.45) is 26.8. The van der Waals surface area contributed by atoms with Gasteiger partial charge in [-0.15, -0.1) is 45.3 Å². The van der Waals surface area contributed by atoms with Crippen molar-refractivity contribution in [3.63, 3.8) is 0 Å². The molecular weight excluding hydrogens is 957 g/mol. The van der Waals surface area contributed by atoms with E-state index in [0.29, 0.717) is 11.8 Å². The molecule has 9 heterocycles. The van der Waals surface area contributed by atoms with E-state index in [0.717, 1.165) is 57.4 Å². The Kier molecular flexibility index (Phi) is 16.8. The molecule has 67 heavy (non-hydrogen) atoms. The highest BCUT2D eigenvalue weighted by Crippen LogP contribution is 2.77. The maximum Gasteiger partial charge on any atom is 0.132 e. The molecule has 1 aliphatic heterocycles. The molecular formula is C54H68N6S7. The van der Waals surface area contributed by atoms with Crippen LogP contribution in [0.4, 0.5) is 0 Å². The van der Waals surface area contributed by atoms with E-state index >= 15 is 0 Å². The van der Waals surface area contributed by atoms with Gasteiger partial charge >= 0.3 is 0 Å². The van der Waals surface area contributed by atoms with Crippen molar-refractivity contribution in [3.05, 3.63) is 58.5 Å². The first-order valence-corrected chi connectivity index (χ1v) is 32.1. The molecule has 0 aromatic carbocycles. The molecule has 0 saturated carbocycles. The molecule has 0 radical (unpaired) electrons. The summed E-state index contributed by atoms with van der Waals surface area (Å²) in [6, 6.07) is 14.4. The fourth-order valence-corrected chi connectivity index (χ4v) is 22.2. The van der Waals surface area contributed by atoms with Crippen LogP contribution in [0.1, 0.15) is 154 Å². The monoisotopic (exact) mass is 1020 g/mol. The van der Waals surface area contributed by atoms with Crippen molar-refractivity contribution in [2.45, 2.75) is 167 Å². The summed E-state index contributed by atoms with van der Waals surface area (Å²) < 4.78 is 19.9. The third kappa shape index (κ3) is 10.3. The smallest absolute Gasteiger partial charge is 0.132 e. The summed E-state index contributed by atoms with van der Waals surface area (Å²) in [7, 11) is -1.42. The highest BCUT2D eigenvalue weighted by Gasteiger charge is 2.45. The number of thiophene rings is 4. The first-order valence-electron chi connectivity index (χ1n) is 25.4. The minimum atomic E-state index is -1.42. The van der Waals surface area contributed by atoms with Crippen molar-refractivity contribution in [2.24, 2.45) is 11.8 Å². The molecule has 13 heteroatoms. The van der Waals surface area contributed by atoms with Crippen LogP contribution in [0.15, 0.2) is 58.6 Å². The standard InChI is InChI=1S/C54H68N6S7/c1-7-13-17-19-23-37-25-27-41(61-37)49-51-47(57-65-59-51)39(31-55-49)43-29-45-53(63-43)54-46(67(45,33-35(11-5)21-15-9-3)34-36(12-6)22-16-10-4)30-44(64-54)40-32-56-50(52-48(40)58-66-60-52)42-28-26-38(62-42)24-20-18-14-8-2/h25-32,35-36H,7-24,33-34H2,1-6H3. The predicted octanol–water partition coefficient (Wildman–Crippen LogP) is 19.3. The summed E-state index contributed by atoms with van der Waals surface area (Å²) in [4.78, 5) is 24.5. The number of fused-ring (bicyclic) bond motifs is 5. The highest BCUT2D eigenvalue weighted by molar-refractivity contribution is 8.34. The van der Waals surface area contributed by atoms with Gasteiger partial charge in [0.25, 0.3) is 0 Å². The average molecular weight is 1030 g/mol. The number of aryl methyl sites for hydroxylation is 2. The van der Waals surface area contributed by atoms with Gasteiger partial charge in [-0.1, -0.05) is 119 Å². The number of unbranched alkanes of at least 4 members (excludes halogenated alkanes) is 8. The minimum Gasteiger partial charge on any atom is -0.252 e. The van der Waals surface area contributed by atoms with Crippen molar-refractivity contribution in [1.82, 2.24) is 27.5 Å². The van der Waals surface area contributed by atoms with Gasteiger partial charge in [0.05, 0.1) is 43.0 Å². The van der Waals surface area contributed by atoms with Gasteiger partial charge in [0.1, 0.15) is 33.5 Å². The van der Waals surface area contributed by atoms with Gasteiger partial charge in [0.15, 0.2) is 0 Å². The molecule has 8 aromatic heterocycles. The van der Waals surface area contributed by atoms with Gasteiger partial charge in [0.2, 0.25) is 0 Å². The Labute approximate surface area is 425 Å². The first kappa shape index (κ1) is 49.1. The van der Waals surface area contributed by atoms with Crippen molar-refractivity contribution in [3.8, 4) is 51.8 Å². The van der Waals surface area contributed by atoms with E-state index in [2.05, 4.69) is 90.3 Å². The van der Waals surface area contributed by atoms with Crippen LogP contribution in [-0.2, 0) is 12.8 Å². The molecule has 6 nitrogen and oxygen atoms in total. The summed E-state index contributed by atoms with van der Waals surface area (Å²) in [5.74, 6) is 3.87. The van der Waals surface area contributed by atoms with E-state index in [9.17, 15) is 0 Å². The molecule has 356 valence electrons. The van der Waals surface area contributed by atoms with Crippen molar-refractivity contribution < 1.29 is 0 Å². The Bertz CT molecular complexity index is 2660. The molecule has 0 bridgehead atoms. The second-order valence-electron chi connectivity index (χ2n) is 18.8. The summed E-state index contributed by atoms with van der Waals surface area (Å²) in [6.45, 7) is 14.2. The molecule has 0 N–H and O–H groups in total. The summed E-state index contributed by atoms with van der Waals surface area (Å²) >= 11 is 10.4. The second-order valence-corrected chi connectivity index (χ2v) is 27.6. The van der Waals surface area contributed by atoms with E-state index in [1.807, 2.05) is 45.3 Å². The molecule has 2 atom stereocenters. The second kappa shape index (κ2) is 22.9. The third-order valence-corrected chi connectivity index (χ3v) is 24.6. The molecule has 0 spiro atoms. The molecule has 8 aromatic rings. The van der Waals surface area contributed by atoms with E-state index in [-0.39, 0.29) is 0 Å². The van der Waals surface area contributed by atoms with Crippen LogP contribution in [0, 0.1) is 11.8 Å². The lowest BCUT2D eigenvalue weighted by atomic mass is 10.0. The molecule has 0 saturated heterocycles. The Balaban J connectivity index is 1.14. The maximum atomic E-state index is 5.23. The lowest BCUT2D eigenvalue weighted by Crippen LogP contribution is -2.20.